The van der Waals surface area contributed by atoms with Gasteiger partial charge in [-0.15, -0.1) is 0 Å². The number of hydrogen-bond donors (Lipinski definition) is 2. The van der Waals surface area contributed by atoms with Gasteiger partial charge in [-0.25, -0.2) is 0 Å². The zero-order chi connectivity index (χ0) is 16.1. The first-order chi connectivity index (χ1) is 10.5. The Bertz CT molecular complexity index is 660. The van der Waals surface area contributed by atoms with Gasteiger partial charge in [-0.1, -0.05) is 13.0 Å². The molecule has 0 aromatic carbocycles. The number of fused-ring (bicyclic) bond motifs is 1. The van der Waals surface area contributed by atoms with Crippen LogP contribution in [0.3, 0.4) is 0 Å². The molecule has 0 bridgehead atoms. The van der Waals surface area contributed by atoms with Gasteiger partial charge in [0.15, 0.2) is 0 Å². The molecule has 0 fully saturated rings. The van der Waals surface area contributed by atoms with Gasteiger partial charge < -0.3 is 25.6 Å². The predicted molar refractivity (Wildman–Crippen MR) is 90.5 cm³/mol. The summed E-state index contributed by atoms with van der Waals surface area (Å²) in [6.45, 7) is 3.70. The van der Waals surface area contributed by atoms with Gasteiger partial charge in [-0.2, -0.15) is 4.90 Å². The number of nitrogens with one attached hydrogen (secondary N) is 2. The zero-order valence-electron chi connectivity index (χ0n) is 13.3. The lowest BCUT2D eigenvalue weighted by Gasteiger charge is -2.17. The normalized spacial score (nSPS) is 11.1. The number of aromatic amines is 1. The molecule has 0 spiro atoms. The predicted octanol–water partition coefficient (Wildman–Crippen LogP) is 1.81. The van der Waals surface area contributed by atoms with Gasteiger partial charge in [0.1, 0.15) is 0 Å². The second kappa shape index (κ2) is 7.17. The number of pyridine rings is 1. The third-order valence-electron chi connectivity index (χ3n) is 3.68. The fraction of sp³-hybridized carbons (Fsp3) is 0.438. The summed E-state index contributed by atoms with van der Waals surface area (Å²) in [4.78, 5) is 4.94. The smallest absolute Gasteiger partial charge is 0.237 e. The number of nitrogens with zero attached hydrogens (tertiary/aromatic N) is 2. The Morgan fingerprint density at radius 3 is 2.64 bits per heavy atom. The van der Waals surface area contributed by atoms with Crippen molar-refractivity contribution in [3.8, 4) is 11.3 Å². The minimum Gasteiger partial charge on any atom is -0.612 e. The Hall–Kier alpha value is -2.21. The molecule has 1 aliphatic heterocycles. The second-order valence-corrected chi connectivity index (χ2v) is 5.58. The molecular weight excluding hydrogens is 280 g/mol. The fourth-order valence-electron chi connectivity index (χ4n) is 2.58. The van der Waals surface area contributed by atoms with Gasteiger partial charge >= 0.3 is 0 Å². The molecule has 1 aliphatic carbocycles. The van der Waals surface area contributed by atoms with Crippen molar-refractivity contribution in [1.29, 1.82) is 0 Å². The molecule has 0 aromatic rings. The molecule has 2 rings (SSSR count). The highest BCUT2D eigenvalue weighted by molar-refractivity contribution is 5.76. The number of aromatic nitrogens is 1. The van der Waals surface area contributed by atoms with Crippen LogP contribution in [0.15, 0.2) is 24.4 Å². The van der Waals surface area contributed by atoms with Crippen LogP contribution in [0.2, 0.25) is 0 Å². The SMILES string of the molecule is CCc1ccc2[nH]ccc(NCCCN(C)C)c-2c1=[N+]([O-])[O-]. The van der Waals surface area contributed by atoms with Crippen LogP contribution in [0.1, 0.15) is 18.9 Å². The Morgan fingerprint density at radius 2 is 2.00 bits per heavy atom. The standard InChI is InChI=1S/C16H23N4O2/c1-4-12-6-7-13-15(16(12)20(21)22)14(8-10-18-13)17-9-5-11-19(2)3/h6-8,10,17-18H,4-5,9,11H2,1-3H3/q-1. The zero-order valence-corrected chi connectivity index (χ0v) is 13.3. The molecule has 0 unspecified atom stereocenters. The summed E-state index contributed by atoms with van der Waals surface area (Å²) in [6.07, 6.45) is 3.43. The summed E-state index contributed by atoms with van der Waals surface area (Å²) in [5.41, 5.74) is 3.01. The Labute approximate surface area is 130 Å². The van der Waals surface area contributed by atoms with E-state index in [2.05, 4.69) is 15.2 Å². The van der Waals surface area contributed by atoms with Crippen LogP contribution in [0.5, 0.6) is 0 Å². The maximum atomic E-state index is 11.5. The molecule has 120 valence electrons. The third-order valence-corrected chi connectivity index (χ3v) is 3.68. The van der Waals surface area contributed by atoms with Gasteiger partial charge in [-0.05, 0) is 45.6 Å². The number of anilines is 1. The summed E-state index contributed by atoms with van der Waals surface area (Å²) >= 11 is 0. The summed E-state index contributed by atoms with van der Waals surface area (Å²) < 4.78 is 0. The molecule has 1 heterocycles. The van der Waals surface area contributed by atoms with E-state index in [4.69, 9.17) is 0 Å². The van der Waals surface area contributed by atoms with Crippen molar-refractivity contribution < 1.29 is 0 Å². The van der Waals surface area contributed by atoms with E-state index < -0.39 is 0 Å². The van der Waals surface area contributed by atoms with Gasteiger partial charge in [0, 0.05) is 18.3 Å². The van der Waals surface area contributed by atoms with Crippen LogP contribution >= 0.6 is 0 Å². The molecule has 0 radical (unpaired) electrons. The first-order valence-corrected chi connectivity index (χ1v) is 7.53. The van der Waals surface area contributed by atoms with Crippen LogP contribution in [-0.2, 0) is 6.42 Å². The van der Waals surface area contributed by atoms with Crippen LogP contribution < -0.4 is 15.6 Å². The lowest BCUT2D eigenvalue weighted by Crippen LogP contribution is -2.27. The first-order valence-electron chi connectivity index (χ1n) is 7.53. The monoisotopic (exact) mass is 303 g/mol. The lowest BCUT2D eigenvalue weighted by molar-refractivity contribution is 0.405. The summed E-state index contributed by atoms with van der Waals surface area (Å²) in [5.74, 6) is 0. The van der Waals surface area contributed by atoms with Crippen molar-refractivity contribution in [2.75, 3.05) is 32.5 Å². The van der Waals surface area contributed by atoms with E-state index in [0.717, 1.165) is 36.5 Å². The molecule has 22 heavy (non-hydrogen) atoms. The lowest BCUT2D eigenvalue weighted by atomic mass is 10.0. The van der Waals surface area contributed by atoms with Gasteiger partial charge in [0.05, 0.1) is 16.9 Å². The van der Waals surface area contributed by atoms with E-state index in [1.165, 1.54) is 0 Å². The molecule has 6 heteroatoms. The molecule has 0 atom stereocenters. The number of benzene rings is 1. The van der Waals surface area contributed by atoms with E-state index in [1.807, 2.05) is 45.4 Å². The quantitative estimate of drug-likeness (QED) is 0.630. The van der Waals surface area contributed by atoms with Gasteiger partial charge in [-0.3, -0.25) is 0 Å². The largest absolute Gasteiger partial charge is 0.612 e. The Morgan fingerprint density at radius 1 is 1.23 bits per heavy atom. The van der Waals surface area contributed by atoms with Crippen molar-refractivity contribution >= 4 is 5.69 Å². The first kappa shape index (κ1) is 16.2. The highest BCUT2D eigenvalue weighted by Crippen LogP contribution is 2.25. The van der Waals surface area contributed by atoms with Crippen molar-refractivity contribution in [3.63, 3.8) is 0 Å². The number of aryl methyl sites for hydroxylation is 1. The Balaban J connectivity index is 2.41. The van der Waals surface area contributed by atoms with Crippen molar-refractivity contribution in [2.45, 2.75) is 19.8 Å². The Kier molecular flexibility index (Phi) is 5.27. The number of hydrogen-bond acceptors (Lipinski definition) is 4. The number of H-pyrrole nitrogens is 1. The van der Waals surface area contributed by atoms with Crippen molar-refractivity contribution in [2.24, 2.45) is 0 Å². The fourth-order valence-corrected chi connectivity index (χ4v) is 2.58. The minimum absolute atomic E-state index is 0.201. The molecule has 0 saturated heterocycles. The second-order valence-electron chi connectivity index (χ2n) is 5.58. The maximum Gasteiger partial charge on any atom is 0.237 e. The van der Waals surface area contributed by atoms with Crippen molar-refractivity contribution in [3.05, 3.63) is 45.7 Å². The van der Waals surface area contributed by atoms with Crippen LogP contribution in [0.4, 0.5) is 5.69 Å². The molecular formula is C16H23N4O2-. The average molecular weight is 303 g/mol. The minimum atomic E-state index is -0.278. The topological polar surface area (TPSA) is 80.2 Å². The van der Waals surface area contributed by atoms with Crippen molar-refractivity contribution in [1.82, 2.24) is 14.8 Å². The molecule has 0 saturated carbocycles. The van der Waals surface area contributed by atoms with Crippen LogP contribution in [-0.4, -0.2) is 37.1 Å². The summed E-state index contributed by atoms with van der Waals surface area (Å²) in [5, 5.41) is 26.6. The molecule has 2 N–H and O–H groups in total. The van der Waals surface area contributed by atoms with E-state index >= 15 is 0 Å². The third kappa shape index (κ3) is 3.51. The van der Waals surface area contributed by atoms with E-state index in [9.17, 15) is 10.4 Å². The highest BCUT2D eigenvalue weighted by atomic mass is 16.8. The van der Waals surface area contributed by atoms with Gasteiger partial charge in [0.25, 0.3) is 0 Å². The molecule has 0 aromatic heterocycles. The van der Waals surface area contributed by atoms with E-state index in [-0.39, 0.29) is 10.3 Å². The highest BCUT2D eigenvalue weighted by Gasteiger charge is 2.16. The molecule has 0 amide bonds. The number of rotatable bonds is 6. The maximum absolute atomic E-state index is 11.5. The molecule has 6 nitrogen and oxygen atoms in total. The van der Waals surface area contributed by atoms with Crippen LogP contribution in [0.25, 0.3) is 11.3 Å². The van der Waals surface area contributed by atoms with E-state index in [1.54, 1.807) is 0 Å². The van der Waals surface area contributed by atoms with Crippen LogP contribution in [0, 0.1) is 10.4 Å². The van der Waals surface area contributed by atoms with Gasteiger partial charge in [0.2, 0.25) is 5.36 Å². The summed E-state index contributed by atoms with van der Waals surface area (Å²) in [6, 6.07) is 5.60. The summed E-state index contributed by atoms with van der Waals surface area (Å²) in [7, 11) is 4.07. The molecule has 2 aliphatic rings. The van der Waals surface area contributed by atoms with E-state index in [0.29, 0.717) is 12.0 Å². The average Bonchev–Trinajstić information content (AvgIpc) is 2.49.